The number of benzene rings is 3. The lowest BCUT2D eigenvalue weighted by molar-refractivity contribution is -0.120. The van der Waals surface area contributed by atoms with Crippen molar-refractivity contribution in [2.45, 2.75) is 27.2 Å². The van der Waals surface area contributed by atoms with Gasteiger partial charge in [-0.1, -0.05) is 36.4 Å². The van der Waals surface area contributed by atoms with Crippen LogP contribution in [0.3, 0.4) is 0 Å². The molecule has 34 heavy (non-hydrogen) atoms. The first-order valence-electron chi connectivity index (χ1n) is 11.1. The van der Waals surface area contributed by atoms with E-state index in [9.17, 15) is 9.59 Å². The molecule has 0 unspecified atom stereocenters. The topological polar surface area (TPSA) is 89.0 Å². The van der Waals surface area contributed by atoms with Gasteiger partial charge in [-0.2, -0.15) is 5.10 Å². The lowest BCUT2D eigenvalue weighted by Gasteiger charge is -2.13. The highest BCUT2D eigenvalue weighted by molar-refractivity contribution is 5.92. The molecule has 7 heteroatoms. The Hall–Kier alpha value is -4.13. The van der Waals surface area contributed by atoms with E-state index in [1.165, 1.54) is 6.21 Å². The predicted molar refractivity (Wildman–Crippen MR) is 134 cm³/mol. The number of rotatable bonds is 10. The normalized spacial score (nSPS) is 10.7. The van der Waals surface area contributed by atoms with Gasteiger partial charge in [0.2, 0.25) is 5.91 Å². The number of hydrogen-bond donors (Lipinski definition) is 2. The van der Waals surface area contributed by atoms with Crippen molar-refractivity contribution in [3.05, 3.63) is 89.0 Å². The number of ether oxygens (including phenoxy) is 2. The maximum Gasteiger partial charge on any atom is 0.262 e. The van der Waals surface area contributed by atoms with E-state index in [-0.39, 0.29) is 24.8 Å². The van der Waals surface area contributed by atoms with Crippen LogP contribution in [0.5, 0.6) is 11.5 Å². The Bertz CT molecular complexity index is 1160. The fourth-order valence-electron chi connectivity index (χ4n) is 3.15. The molecule has 0 aromatic heterocycles. The summed E-state index contributed by atoms with van der Waals surface area (Å²) >= 11 is 0. The van der Waals surface area contributed by atoms with E-state index >= 15 is 0 Å². The van der Waals surface area contributed by atoms with Gasteiger partial charge in [-0.3, -0.25) is 9.59 Å². The molecule has 0 aliphatic rings. The van der Waals surface area contributed by atoms with Crippen LogP contribution in [-0.2, 0) is 16.0 Å². The van der Waals surface area contributed by atoms with E-state index in [1.807, 2.05) is 69.3 Å². The van der Waals surface area contributed by atoms with E-state index in [1.54, 1.807) is 18.2 Å². The summed E-state index contributed by atoms with van der Waals surface area (Å²) in [6, 6.07) is 20.4. The summed E-state index contributed by atoms with van der Waals surface area (Å²) < 4.78 is 11.3. The van der Waals surface area contributed by atoms with Gasteiger partial charge in [0.1, 0.15) is 0 Å². The monoisotopic (exact) mass is 459 g/mol. The molecule has 2 N–H and O–H groups in total. The highest BCUT2D eigenvalue weighted by Gasteiger charge is 2.10. The summed E-state index contributed by atoms with van der Waals surface area (Å²) in [7, 11) is 0. The molecule has 7 nitrogen and oxygen atoms in total. The third-order valence-electron chi connectivity index (χ3n) is 5.03. The van der Waals surface area contributed by atoms with Gasteiger partial charge < -0.3 is 14.8 Å². The standard InChI is InChI=1S/C27H29N3O4/c1-4-33-25-15-22(17-28-30-26(31)16-21-8-6-5-7-9-21)11-13-24(25)34-18-27(32)29-23-12-10-19(2)20(3)14-23/h5-15,17H,4,16,18H2,1-3H3,(H,29,32)(H,30,31)/b28-17-. The van der Waals surface area contributed by atoms with Gasteiger partial charge in [-0.25, -0.2) is 5.43 Å². The van der Waals surface area contributed by atoms with Crippen molar-refractivity contribution in [3.63, 3.8) is 0 Å². The number of hydrogen-bond acceptors (Lipinski definition) is 5. The first-order chi connectivity index (χ1) is 16.4. The molecule has 176 valence electrons. The van der Waals surface area contributed by atoms with E-state index in [4.69, 9.17) is 9.47 Å². The number of hydrazone groups is 1. The molecule has 0 atom stereocenters. The molecule has 0 spiro atoms. The number of amides is 2. The van der Waals surface area contributed by atoms with E-state index < -0.39 is 0 Å². The van der Waals surface area contributed by atoms with Gasteiger partial charge in [0.25, 0.3) is 5.91 Å². The highest BCUT2D eigenvalue weighted by atomic mass is 16.5. The number of anilines is 1. The molecule has 0 radical (unpaired) electrons. The fourth-order valence-corrected chi connectivity index (χ4v) is 3.15. The van der Waals surface area contributed by atoms with Crippen molar-refractivity contribution < 1.29 is 19.1 Å². The molecule has 3 aromatic rings. The Balaban J connectivity index is 1.56. The predicted octanol–water partition coefficient (Wildman–Crippen LogP) is 4.41. The third kappa shape index (κ3) is 7.48. The number of carbonyl (C=O) groups is 2. The molecule has 0 aliphatic heterocycles. The SMILES string of the molecule is CCOc1cc(/C=N\NC(=O)Cc2ccccc2)ccc1OCC(=O)Nc1ccc(C)c(C)c1. The summed E-state index contributed by atoms with van der Waals surface area (Å²) in [5.41, 5.74) is 7.14. The molecule has 0 aliphatic carbocycles. The molecule has 2 amide bonds. The molecular formula is C27H29N3O4. The Morgan fingerprint density at radius 2 is 1.68 bits per heavy atom. The number of carbonyl (C=O) groups excluding carboxylic acids is 2. The summed E-state index contributed by atoms with van der Waals surface area (Å²) in [6.45, 7) is 6.15. The van der Waals surface area contributed by atoms with Crippen LogP contribution in [-0.4, -0.2) is 31.2 Å². The lowest BCUT2D eigenvalue weighted by Crippen LogP contribution is -2.20. The Kier molecular flexibility index (Phi) is 8.80. The zero-order chi connectivity index (χ0) is 24.3. The van der Waals surface area contributed by atoms with Crippen molar-refractivity contribution in [1.82, 2.24) is 5.43 Å². The second-order valence-corrected chi connectivity index (χ2v) is 7.73. The molecule has 0 fully saturated rings. The molecule has 0 saturated heterocycles. The lowest BCUT2D eigenvalue weighted by atomic mass is 10.1. The maximum atomic E-state index is 12.3. The van der Waals surface area contributed by atoms with Crippen molar-refractivity contribution in [1.29, 1.82) is 0 Å². The number of nitrogens with zero attached hydrogens (tertiary/aromatic N) is 1. The molecule has 0 saturated carbocycles. The average Bonchev–Trinajstić information content (AvgIpc) is 2.82. The van der Waals surface area contributed by atoms with Crippen molar-refractivity contribution >= 4 is 23.7 Å². The molecule has 0 heterocycles. The largest absolute Gasteiger partial charge is 0.490 e. The third-order valence-corrected chi connectivity index (χ3v) is 5.03. The van der Waals surface area contributed by atoms with E-state index in [2.05, 4.69) is 15.8 Å². The minimum absolute atomic E-state index is 0.157. The van der Waals surface area contributed by atoms with E-state index in [0.717, 1.165) is 27.9 Å². The van der Waals surface area contributed by atoms with Crippen LogP contribution in [0.4, 0.5) is 5.69 Å². The average molecular weight is 460 g/mol. The second kappa shape index (κ2) is 12.2. The van der Waals surface area contributed by atoms with Crippen molar-refractivity contribution in [3.8, 4) is 11.5 Å². The van der Waals surface area contributed by atoms with Gasteiger partial charge in [0.15, 0.2) is 18.1 Å². The molecule has 3 aromatic carbocycles. The van der Waals surface area contributed by atoms with Crippen LogP contribution in [0.1, 0.15) is 29.2 Å². The van der Waals surface area contributed by atoms with Crippen molar-refractivity contribution in [2.75, 3.05) is 18.5 Å². The van der Waals surface area contributed by atoms with Gasteiger partial charge in [-0.05, 0) is 73.4 Å². The van der Waals surface area contributed by atoms with Crippen LogP contribution in [0, 0.1) is 13.8 Å². The smallest absolute Gasteiger partial charge is 0.262 e. The first-order valence-corrected chi connectivity index (χ1v) is 11.1. The highest BCUT2D eigenvalue weighted by Crippen LogP contribution is 2.28. The quantitative estimate of drug-likeness (QED) is 0.347. The van der Waals surface area contributed by atoms with Crippen LogP contribution >= 0.6 is 0 Å². The van der Waals surface area contributed by atoms with Crippen molar-refractivity contribution in [2.24, 2.45) is 5.10 Å². The van der Waals surface area contributed by atoms with Crippen LogP contribution < -0.4 is 20.2 Å². The fraction of sp³-hybridized carbons (Fsp3) is 0.222. The zero-order valence-corrected chi connectivity index (χ0v) is 19.6. The Morgan fingerprint density at radius 3 is 2.41 bits per heavy atom. The van der Waals surface area contributed by atoms with Crippen LogP contribution in [0.2, 0.25) is 0 Å². The molecular weight excluding hydrogens is 430 g/mol. The van der Waals surface area contributed by atoms with E-state index in [0.29, 0.717) is 18.1 Å². The van der Waals surface area contributed by atoms with Crippen LogP contribution in [0.15, 0.2) is 71.8 Å². The van der Waals surface area contributed by atoms with Gasteiger partial charge in [0, 0.05) is 5.69 Å². The zero-order valence-electron chi connectivity index (χ0n) is 19.6. The summed E-state index contributed by atoms with van der Waals surface area (Å²) in [5, 5.41) is 6.85. The Labute approximate surface area is 199 Å². The van der Waals surface area contributed by atoms with Gasteiger partial charge in [0.05, 0.1) is 19.2 Å². The molecule has 3 rings (SSSR count). The van der Waals surface area contributed by atoms with Gasteiger partial charge in [-0.15, -0.1) is 0 Å². The Morgan fingerprint density at radius 1 is 0.882 bits per heavy atom. The number of nitrogens with one attached hydrogen (secondary N) is 2. The van der Waals surface area contributed by atoms with Crippen LogP contribution in [0.25, 0.3) is 0 Å². The number of aryl methyl sites for hydroxylation is 2. The molecule has 0 bridgehead atoms. The maximum absolute atomic E-state index is 12.3. The summed E-state index contributed by atoms with van der Waals surface area (Å²) in [6.07, 6.45) is 1.78. The van der Waals surface area contributed by atoms with Gasteiger partial charge >= 0.3 is 0 Å². The second-order valence-electron chi connectivity index (χ2n) is 7.73. The summed E-state index contributed by atoms with van der Waals surface area (Å²) in [5.74, 6) is 0.461. The first kappa shape index (κ1) is 24.5. The minimum atomic E-state index is -0.266. The summed E-state index contributed by atoms with van der Waals surface area (Å²) in [4.78, 5) is 24.3. The minimum Gasteiger partial charge on any atom is -0.490 e.